The molecular weight excluding hydrogens is 511 g/mol. The van der Waals surface area contributed by atoms with Gasteiger partial charge in [-0.3, -0.25) is 4.79 Å². The lowest BCUT2D eigenvalue weighted by Gasteiger charge is -2.36. The molecule has 2 heterocycles. The zero-order valence-electron chi connectivity index (χ0n) is 21.8. The van der Waals surface area contributed by atoms with Crippen LogP contribution in [0, 0.1) is 0 Å². The quantitative estimate of drug-likeness (QED) is 0.281. The molecule has 39 heavy (non-hydrogen) atoms. The molecule has 2 aromatic carbocycles. The van der Waals surface area contributed by atoms with Gasteiger partial charge in [-0.15, -0.1) is 0 Å². The van der Waals surface area contributed by atoms with E-state index in [1.807, 2.05) is 0 Å². The molecule has 0 unspecified atom stereocenters. The standard InChI is InChI=1S/C29H30F3N3O4/c1-3-34-14-16-35(17-15-34)25-11-8-21(28(37)38-4-2)19-24(25)33-27(36)13-10-23-9-12-26(39-23)20-6-5-7-22(18-20)29(30,31)32/h5-13,18-19H,3-4,14-17H2,1-2H3,(H,33,36)/b13-10+. The highest BCUT2D eigenvalue weighted by molar-refractivity contribution is 6.05. The summed E-state index contributed by atoms with van der Waals surface area (Å²) in [6.45, 7) is 8.35. The van der Waals surface area contributed by atoms with Crippen molar-refractivity contribution in [3.63, 3.8) is 0 Å². The summed E-state index contributed by atoms with van der Waals surface area (Å²) >= 11 is 0. The highest BCUT2D eigenvalue weighted by atomic mass is 19.4. The van der Waals surface area contributed by atoms with Crippen molar-refractivity contribution in [2.75, 3.05) is 49.5 Å². The number of benzene rings is 2. The molecule has 0 bridgehead atoms. The van der Waals surface area contributed by atoms with Crippen LogP contribution < -0.4 is 10.2 Å². The molecule has 0 spiro atoms. The number of likely N-dealkylation sites (N-methyl/N-ethyl adjacent to an activating group) is 1. The first-order valence-corrected chi connectivity index (χ1v) is 12.7. The van der Waals surface area contributed by atoms with E-state index in [0.29, 0.717) is 17.0 Å². The number of rotatable bonds is 8. The molecule has 1 saturated heterocycles. The second-order valence-electron chi connectivity index (χ2n) is 8.98. The first-order valence-electron chi connectivity index (χ1n) is 12.7. The predicted octanol–water partition coefficient (Wildman–Crippen LogP) is 5.94. The number of amides is 1. The Morgan fingerprint density at radius 3 is 2.49 bits per heavy atom. The molecule has 1 aliphatic heterocycles. The highest BCUT2D eigenvalue weighted by Gasteiger charge is 2.30. The molecule has 3 aromatic rings. The van der Waals surface area contributed by atoms with Gasteiger partial charge in [0.25, 0.3) is 0 Å². The number of hydrogen-bond donors (Lipinski definition) is 1. The van der Waals surface area contributed by atoms with Crippen molar-refractivity contribution in [1.82, 2.24) is 4.90 Å². The maximum Gasteiger partial charge on any atom is 0.416 e. The van der Waals surface area contributed by atoms with Crippen LogP contribution in [0.2, 0.25) is 0 Å². The van der Waals surface area contributed by atoms with E-state index in [2.05, 4.69) is 22.0 Å². The number of nitrogens with zero attached hydrogens (tertiary/aromatic N) is 2. The van der Waals surface area contributed by atoms with E-state index in [1.165, 1.54) is 24.3 Å². The number of esters is 1. The topological polar surface area (TPSA) is 75.0 Å². The van der Waals surface area contributed by atoms with Crippen molar-refractivity contribution < 1.29 is 31.9 Å². The first-order chi connectivity index (χ1) is 18.7. The van der Waals surface area contributed by atoms with Crippen LogP contribution in [0.25, 0.3) is 17.4 Å². The largest absolute Gasteiger partial charge is 0.462 e. The van der Waals surface area contributed by atoms with Gasteiger partial charge in [-0.25, -0.2) is 4.79 Å². The molecule has 0 atom stereocenters. The van der Waals surface area contributed by atoms with E-state index in [9.17, 15) is 22.8 Å². The van der Waals surface area contributed by atoms with Crippen molar-refractivity contribution in [3.05, 3.63) is 77.6 Å². The van der Waals surface area contributed by atoms with Gasteiger partial charge in [-0.05, 0) is 62.0 Å². The number of furan rings is 1. The van der Waals surface area contributed by atoms with Gasteiger partial charge in [0, 0.05) is 37.8 Å². The van der Waals surface area contributed by atoms with Crippen LogP contribution in [0.5, 0.6) is 0 Å². The second-order valence-corrected chi connectivity index (χ2v) is 8.98. The number of alkyl halides is 3. The number of nitrogens with one attached hydrogen (secondary N) is 1. The zero-order valence-corrected chi connectivity index (χ0v) is 21.8. The molecule has 0 radical (unpaired) electrons. The highest BCUT2D eigenvalue weighted by Crippen LogP contribution is 2.33. The van der Waals surface area contributed by atoms with Crippen LogP contribution in [0.1, 0.15) is 35.5 Å². The average molecular weight is 542 g/mol. The third-order valence-corrected chi connectivity index (χ3v) is 6.43. The van der Waals surface area contributed by atoms with Gasteiger partial charge in [0.15, 0.2) is 0 Å². The fraction of sp³-hybridized carbons (Fsp3) is 0.310. The fourth-order valence-corrected chi connectivity index (χ4v) is 4.34. The van der Waals surface area contributed by atoms with Crippen LogP contribution in [0.3, 0.4) is 0 Å². The smallest absolute Gasteiger partial charge is 0.416 e. The number of piperazine rings is 1. The lowest BCUT2D eigenvalue weighted by atomic mass is 10.1. The normalized spacial score (nSPS) is 14.5. The summed E-state index contributed by atoms with van der Waals surface area (Å²) in [4.78, 5) is 29.7. The summed E-state index contributed by atoms with van der Waals surface area (Å²) in [5.41, 5.74) is 1.10. The Labute approximate surface area is 224 Å². The van der Waals surface area contributed by atoms with E-state index in [1.54, 1.807) is 37.3 Å². The van der Waals surface area contributed by atoms with E-state index in [-0.39, 0.29) is 17.9 Å². The zero-order chi connectivity index (χ0) is 28.0. The third-order valence-electron chi connectivity index (χ3n) is 6.43. The number of anilines is 2. The lowest BCUT2D eigenvalue weighted by molar-refractivity contribution is -0.137. The summed E-state index contributed by atoms with van der Waals surface area (Å²) in [5.74, 6) is -0.393. The molecule has 4 rings (SSSR count). The summed E-state index contributed by atoms with van der Waals surface area (Å²) in [6.07, 6.45) is -1.76. The minimum Gasteiger partial charge on any atom is -0.462 e. The summed E-state index contributed by atoms with van der Waals surface area (Å²) in [5, 5.41) is 2.85. The van der Waals surface area contributed by atoms with Crippen molar-refractivity contribution in [3.8, 4) is 11.3 Å². The van der Waals surface area contributed by atoms with E-state index in [0.717, 1.165) is 50.5 Å². The Kier molecular flexibility index (Phi) is 8.75. The summed E-state index contributed by atoms with van der Waals surface area (Å²) in [7, 11) is 0. The third kappa shape index (κ3) is 7.08. The van der Waals surface area contributed by atoms with Crippen LogP contribution in [0.4, 0.5) is 24.5 Å². The van der Waals surface area contributed by atoms with Gasteiger partial charge >= 0.3 is 12.1 Å². The van der Waals surface area contributed by atoms with Crippen molar-refractivity contribution in [1.29, 1.82) is 0 Å². The van der Waals surface area contributed by atoms with Crippen molar-refractivity contribution in [2.45, 2.75) is 20.0 Å². The van der Waals surface area contributed by atoms with Crippen LogP contribution in [-0.2, 0) is 15.7 Å². The molecular formula is C29H30F3N3O4. The molecule has 206 valence electrons. The maximum atomic E-state index is 13.0. The van der Waals surface area contributed by atoms with Crippen molar-refractivity contribution >= 4 is 29.3 Å². The lowest BCUT2D eigenvalue weighted by Crippen LogP contribution is -2.46. The van der Waals surface area contributed by atoms with E-state index >= 15 is 0 Å². The van der Waals surface area contributed by atoms with Gasteiger partial charge in [0.1, 0.15) is 11.5 Å². The number of carbonyl (C=O) groups excluding carboxylic acids is 2. The van der Waals surface area contributed by atoms with Crippen LogP contribution in [0.15, 0.2) is 65.1 Å². The first kappa shape index (κ1) is 28.0. The fourth-order valence-electron chi connectivity index (χ4n) is 4.34. The Morgan fingerprint density at radius 1 is 1.03 bits per heavy atom. The Bertz CT molecular complexity index is 1340. The SMILES string of the molecule is CCOC(=O)c1ccc(N2CCN(CC)CC2)c(NC(=O)/C=C/c2ccc(-c3cccc(C(F)(F)F)c3)o2)c1. The van der Waals surface area contributed by atoms with E-state index < -0.39 is 23.6 Å². The van der Waals surface area contributed by atoms with Crippen LogP contribution in [-0.4, -0.2) is 56.1 Å². The number of carbonyl (C=O) groups is 2. The van der Waals surface area contributed by atoms with Gasteiger partial charge in [0.05, 0.1) is 29.1 Å². The molecule has 1 fully saturated rings. The Hall–Kier alpha value is -4.05. The van der Waals surface area contributed by atoms with Gasteiger partial charge in [-0.1, -0.05) is 19.1 Å². The number of hydrogen-bond acceptors (Lipinski definition) is 6. The van der Waals surface area contributed by atoms with Crippen molar-refractivity contribution in [2.24, 2.45) is 0 Å². The Morgan fingerprint density at radius 2 is 1.79 bits per heavy atom. The van der Waals surface area contributed by atoms with Crippen LogP contribution >= 0.6 is 0 Å². The molecule has 1 aromatic heterocycles. The summed E-state index contributed by atoms with van der Waals surface area (Å²) < 4.78 is 49.9. The average Bonchev–Trinajstić information content (AvgIpc) is 3.41. The molecule has 0 saturated carbocycles. The molecule has 1 N–H and O–H groups in total. The number of halogens is 3. The molecule has 1 aliphatic rings. The van der Waals surface area contributed by atoms with E-state index in [4.69, 9.17) is 9.15 Å². The monoisotopic (exact) mass is 541 g/mol. The second kappa shape index (κ2) is 12.2. The van der Waals surface area contributed by atoms with Gasteiger partial charge in [0.2, 0.25) is 5.91 Å². The molecule has 10 heteroatoms. The maximum absolute atomic E-state index is 13.0. The molecule has 0 aliphatic carbocycles. The van der Waals surface area contributed by atoms with Gasteiger partial charge < -0.3 is 24.3 Å². The van der Waals surface area contributed by atoms with Gasteiger partial charge in [-0.2, -0.15) is 13.2 Å². The minimum absolute atomic E-state index is 0.232. The molecule has 7 nitrogen and oxygen atoms in total. The summed E-state index contributed by atoms with van der Waals surface area (Å²) in [6, 6.07) is 13.0. The minimum atomic E-state index is -4.46. The predicted molar refractivity (Wildman–Crippen MR) is 144 cm³/mol. The molecule has 1 amide bonds. The Balaban J connectivity index is 1.51. The number of ether oxygens (including phenoxy) is 1.